The first-order valence-corrected chi connectivity index (χ1v) is 6.34. The standard InChI is InChI=1S/C15H20O/c1-12-6-5-7-13(10-12)11-14-8-3-2-4-9-15(14)16/h5-7,10,14H,2-4,8-9,11H2,1H3. The van der Waals surface area contributed by atoms with E-state index in [0.717, 1.165) is 25.7 Å². The molecule has 0 aromatic heterocycles. The summed E-state index contributed by atoms with van der Waals surface area (Å²) in [5.41, 5.74) is 2.61. The number of aryl methyl sites for hydroxylation is 1. The molecule has 1 atom stereocenters. The van der Waals surface area contributed by atoms with Gasteiger partial charge in [-0.05, 0) is 31.7 Å². The summed E-state index contributed by atoms with van der Waals surface area (Å²) in [6, 6.07) is 8.55. The zero-order valence-electron chi connectivity index (χ0n) is 10.0. The molecule has 0 bridgehead atoms. The third-order valence-corrected chi connectivity index (χ3v) is 3.50. The van der Waals surface area contributed by atoms with E-state index in [4.69, 9.17) is 0 Å². The number of ketones is 1. The third-order valence-electron chi connectivity index (χ3n) is 3.50. The van der Waals surface area contributed by atoms with Crippen molar-refractivity contribution in [2.24, 2.45) is 5.92 Å². The molecule has 2 rings (SSSR count). The fourth-order valence-electron chi connectivity index (χ4n) is 2.57. The van der Waals surface area contributed by atoms with Gasteiger partial charge in [0.05, 0.1) is 0 Å². The lowest BCUT2D eigenvalue weighted by atomic mass is 9.91. The van der Waals surface area contributed by atoms with Crippen LogP contribution in [0.5, 0.6) is 0 Å². The number of rotatable bonds is 2. The molecule has 1 saturated carbocycles. The maximum atomic E-state index is 11.9. The van der Waals surface area contributed by atoms with E-state index in [-0.39, 0.29) is 5.92 Å². The molecular weight excluding hydrogens is 196 g/mol. The number of hydrogen-bond donors (Lipinski definition) is 0. The van der Waals surface area contributed by atoms with E-state index < -0.39 is 0 Å². The van der Waals surface area contributed by atoms with Crippen LogP contribution >= 0.6 is 0 Å². The second kappa shape index (κ2) is 5.29. The summed E-state index contributed by atoms with van der Waals surface area (Å²) in [5.74, 6) is 0.767. The Morgan fingerprint density at radius 3 is 2.94 bits per heavy atom. The van der Waals surface area contributed by atoms with E-state index in [0.29, 0.717) is 5.78 Å². The van der Waals surface area contributed by atoms with Crippen LogP contribution in [0.4, 0.5) is 0 Å². The summed E-state index contributed by atoms with van der Waals surface area (Å²) in [6.07, 6.45) is 6.39. The van der Waals surface area contributed by atoms with Gasteiger partial charge in [-0.2, -0.15) is 0 Å². The lowest BCUT2D eigenvalue weighted by Gasteiger charge is -2.13. The number of benzene rings is 1. The Morgan fingerprint density at radius 1 is 1.25 bits per heavy atom. The first kappa shape index (κ1) is 11.4. The largest absolute Gasteiger partial charge is 0.299 e. The smallest absolute Gasteiger partial charge is 0.136 e. The quantitative estimate of drug-likeness (QED) is 0.689. The van der Waals surface area contributed by atoms with Crippen molar-refractivity contribution in [2.75, 3.05) is 0 Å². The van der Waals surface area contributed by atoms with Crippen LogP contribution in [0, 0.1) is 12.8 Å². The first-order valence-electron chi connectivity index (χ1n) is 6.34. The van der Waals surface area contributed by atoms with Crippen molar-refractivity contribution in [3.05, 3.63) is 35.4 Å². The van der Waals surface area contributed by atoms with Crippen LogP contribution in [-0.4, -0.2) is 5.78 Å². The van der Waals surface area contributed by atoms with Crippen molar-refractivity contribution in [3.8, 4) is 0 Å². The Balaban J connectivity index is 2.05. The first-order chi connectivity index (χ1) is 7.75. The van der Waals surface area contributed by atoms with Gasteiger partial charge in [0.1, 0.15) is 5.78 Å². The molecule has 1 aromatic carbocycles. The maximum Gasteiger partial charge on any atom is 0.136 e. The van der Waals surface area contributed by atoms with Crippen LogP contribution in [0.3, 0.4) is 0 Å². The Kier molecular flexibility index (Phi) is 3.76. The van der Waals surface area contributed by atoms with Gasteiger partial charge in [0, 0.05) is 12.3 Å². The normalized spacial score (nSPS) is 21.8. The Hall–Kier alpha value is -1.11. The van der Waals surface area contributed by atoms with Crippen LogP contribution in [0.15, 0.2) is 24.3 Å². The Bertz CT molecular complexity index is 367. The maximum absolute atomic E-state index is 11.9. The zero-order chi connectivity index (χ0) is 11.4. The summed E-state index contributed by atoms with van der Waals surface area (Å²) in [5, 5.41) is 0. The van der Waals surface area contributed by atoms with Gasteiger partial charge in [-0.3, -0.25) is 4.79 Å². The van der Waals surface area contributed by atoms with Crippen LogP contribution in [-0.2, 0) is 11.2 Å². The average molecular weight is 216 g/mol. The van der Waals surface area contributed by atoms with E-state index in [1.807, 2.05) is 0 Å². The summed E-state index contributed by atoms with van der Waals surface area (Å²) in [7, 11) is 0. The van der Waals surface area contributed by atoms with Gasteiger partial charge in [0.2, 0.25) is 0 Å². The highest BCUT2D eigenvalue weighted by atomic mass is 16.1. The van der Waals surface area contributed by atoms with Crippen molar-refractivity contribution in [2.45, 2.75) is 45.4 Å². The van der Waals surface area contributed by atoms with Crippen molar-refractivity contribution >= 4 is 5.78 Å². The lowest BCUT2D eigenvalue weighted by Crippen LogP contribution is -2.15. The minimum absolute atomic E-state index is 0.282. The molecule has 0 amide bonds. The molecule has 1 unspecified atom stereocenters. The molecular formula is C15H20O. The van der Waals surface area contributed by atoms with Crippen molar-refractivity contribution in [3.63, 3.8) is 0 Å². The molecule has 0 radical (unpaired) electrons. The van der Waals surface area contributed by atoms with Crippen molar-refractivity contribution in [1.29, 1.82) is 0 Å². The van der Waals surface area contributed by atoms with Gasteiger partial charge in [-0.15, -0.1) is 0 Å². The minimum atomic E-state index is 0.282. The molecule has 0 heterocycles. The predicted molar refractivity (Wildman–Crippen MR) is 66.5 cm³/mol. The minimum Gasteiger partial charge on any atom is -0.299 e. The zero-order valence-corrected chi connectivity index (χ0v) is 10.0. The summed E-state index contributed by atoms with van der Waals surface area (Å²) < 4.78 is 0. The van der Waals surface area contributed by atoms with E-state index in [2.05, 4.69) is 31.2 Å². The van der Waals surface area contributed by atoms with E-state index in [9.17, 15) is 4.79 Å². The van der Waals surface area contributed by atoms with Crippen molar-refractivity contribution in [1.82, 2.24) is 0 Å². The second-order valence-electron chi connectivity index (χ2n) is 4.96. The SMILES string of the molecule is Cc1cccc(CC2CCCCCC2=O)c1. The number of Topliss-reactive ketones (excluding diaryl/α,β-unsaturated/α-hetero) is 1. The Labute approximate surface area is 97.9 Å². The monoisotopic (exact) mass is 216 g/mol. The van der Waals surface area contributed by atoms with Gasteiger partial charge < -0.3 is 0 Å². The molecule has 1 nitrogen and oxygen atoms in total. The molecule has 0 spiro atoms. The number of carbonyl (C=O) groups excluding carboxylic acids is 1. The van der Waals surface area contributed by atoms with E-state index >= 15 is 0 Å². The van der Waals surface area contributed by atoms with Gasteiger partial charge >= 0.3 is 0 Å². The van der Waals surface area contributed by atoms with Gasteiger partial charge in [-0.1, -0.05) is 42.7 Å². The third kappa shape index (κ3) is 2.94. The van der Waals surface area contributed by atoms with Crippen LogP contribution in [0.2, 0.25) is 0 Å². The number of carbonyl (C=O) groups is 1. The summed E-state index contributed by atoms with van der Waals surface area (Å²) in [6.45, 7) is 2.11. The predicted octanol–water partition coefficient (Wildman–Crippen LogP) is 3.69. The molecule has 1 fully saturated rings. The molecule has 86 valence electrons. The van der Waals surface area contributed by atoms with Crippen molar-refractivity contribution < 1.29 is 4.79 Å². The highest BCUT2D eigenvalue weighted by molar-refractivity contribution is 5.81. The van der Waals surface area contributed by atoms with Gasteiger partial charge in [0.15, 0.2) is 0 Å². The molecule has 16 heavy (non-hydrogen) atoms. The fourth-order valence-corrected chi connectivity index (χ4v) is 2.57. The van der Waals surface area contributed by atoms with E-state index in [1.54, 1.807) is 0 Å². The molecule has 0 N–H and O–H groups in total. The van der Waals surface area contributed by atoms with Gasteiger partial charge in [-0.25, -0.2) is 0 Å². The topological polar surface area (TPSA) is 17.1 Å². The van der Waals surface area contributed by atoms with Crippen LogP contribution in [0.1, 0.15) is 43.2 Å². The van der Waals surface area contributed by atoms with Crippen LogP contribution in [0.25, 0.3) is 0 Å². The average Bonchev–Trinajstić information content (AvgIpc) is 2.45. The molecule has 0 aliphatic heterocycles. The number of hydrogen-bond acceptors (Lipinski definition) is 1. The van der Waals surface area contributed by atoms with Crippen LogP contribution < -0.4 is 0 Å². The second-order valence-corrected chi connectivity index (χ2v) is 4.96. The molecule has 1 aromatic rings. The molecule has 1 heteroatoms. The highest BCUT2D eigenvalue weighted by Crippen LogP contribution is 2.23. The molecule has 1 aliphatic rings. The van der Waals surface area contributed by atoms with E-state index in [1.165, 1.54) is 24.0 Å². The Morgan fingerprint density at radius 2 is 2.12 bits per heavy atom. The van der Waals surface area contributed by atoms with Gasteiger partial charge in [0.25, 0.3) is 0 Å². The summed E-state index contributed by atoms with van der Waals surface area (Å²) in [4.78, 5) is 11.9. The molecule has 0 saturated heterocycles. The highest BCUT2D eigenvalue weighted by Gasteiger charge is 2.20. The lowest BCUT2D eigenvalue weighted by molar-refractivity contribution is -0.122. The fraction of sp³-hybridized carbons (Fsp3) is 0.533. The molecule has 1 aliphatic carbocycles. The summed E-state index contributed by atoms with van der Waals surface area (Å²) >= 11 is 0.